The molecule has 0 radical (unpaired) electrons. The Morgan fingerprint density at radius 2 is 0.797 bits per heavy atom. The second-order valence-electron chi connectivity index (χ2n) is 17.1. The zero-order valence-corrected chi connectivity index (χ0v) is 44.6. The van der Waals surface area contributed by atoms with Crippen LogP contribution >= 0.6 is 67.8 Å². The average Bonchev–Trinajstić information content (AvgIpc) is 3.16. The number of phenols is 4. The molecule has 4 aromatic rings. The number of phenolic OH excluding ortho intramolecular Hbond substituents is 4. The quantitative estimate of drug-likeness (QED) is 0.0521. The normalized spacial score (nSPS) is 10.9. The van der Waals surface area contributed by atoms with Crippen LogP contribution in [0.25, 0.3) is 0 Å². The van der Waals surface area contributed by atoms with E-state index in [4.69, 9.17) is 30.2 Å². The van der Waals surface area contributed by atoms with Crippen molar-refractivity contribution in [1.29, 1.82) is 0 Å². The van der Waals surface area contributed by atoms with Crippen LogP contribution in [0.2, 0.25) is 0 Å². The molecular weight excluding hydrogens is 1160 g/mol. The Balaban J connectivity index is 0.000000435. The molecule has 14 nitrogen and oxygen atoms in total. The van der Waals surface area contributed by atoms with Gasteiger partial charge in [-0.1, -0.05) is 30.3 Å². The van der Waals surface area contributed by atoms with Crippen molar-refractivity contribution in [3.8, 4) is 23.0 Å². The van der Waals surface area contributed by atoms with Gasteiger partial charge in [-0.25, -0.2) is 14.4 Å². The Morgan fingerprint density at radius 1 is 0.484 bits per heavy atom. The number of alkyl carbamates (subject to hydrolysis) is 3. The first-order chi connectivity index (χ1) is 29.7. The highest BCUT2D eigenvalue weighted by atomic mass is 127. The van der Waals surface area contributed by atoms with Gasteiger partial charge in [0.1, 0.15) is 39.8 Å². The highest BCUT2D eigenvalue weighted by Crippen LogP contribution is 2.27. The highest BCUT2D eigenvalue weighted by Gasteiger charge is 2.17. The van der Waals surface area contributed by atoms with E-state index in [0.29, 0.717) is 56.9 Å². The summed E-state index contributed by atoms with van der Waals surface area (Å²) in [6.45, 7) is 18.6. The van der Waals surface area contributed by atoms with Crippen LogP contribution < -0.4 is 21.7 Å². The summed E-state index contributed by atoms with van der Waals surface area (Å²) in [6, 6.07) is 23.2. The van der Waals surface area contributed by atoms with E-state index in [1.165, 1.54) is 5.56 Å². The van der Waals surface area contributed by atoms with Crippen LogP contribution in [0.4, 0.5) is 14.4 Å². The van der Waals surface area contributed by atoms with Gasteiger partial charge in [0.15, 0.2) is 0 Å². The predicted molar refractivity (Wildman–Crippen MR) is 277 cm³/mol. The molecule has 9 N–H and O–H groups in total. The van der Waals surface area contributed by atoms with E-state index in [-0.39, 0.29) is 11.5 Å². The number of hydrogen-bond acceptors (Lipinski definition) is 11. The third-order valence-electron chi connectivity index (χ3n) is 7.64. The summed E-state index contributed by atoms with van der Waals surface area (Å²) in [4.78, 5) is 34.2. The van der Waals surface area contributed by atoms with Crippen molar-refractivity contribution in [3.05, 3.63) is 112 Å². The van der Waals surface area contributed by atoms with E-state index in [1.807, 2.05) is 111 Å². The number of amides is 3. The molecule has 0 aliphatic carbocycles. The summed E-state index contributed by atoms with van der Waals surface area (Å²) in [6.07, 6.45) is 1.77. The number of aromatic hydroxyl groups is 4. The van der Waals surface area contributed by atoms with Crippen LogP contribution in [0.3, 0.4) is 0 Å². The molecule has 0 atom stereocenters. The molecule has 0 heterocycles. The lowest BCUT2D eigenvalue weighted by Gasteiger charge is -2.19. The first kappa shape index (κ1) is 58.1. The van der Waals surface area contributed by atoms with E-state index in [2.05, 4.69) is 83.7 Å². The molecule has 0 aromatic heterocycles. The average molecular weight is 1230 g/mol. The second-order valence-corrected chi connectivity index (χ2v) is 20.6. The molecule has 354 valence electrons. The van der Waals surface area contributed by atoms with Crippen LogP contribution in [0.15, 0.2) is 78.9 Å². The molecule has 4 aromatic carbocycles. The van der Waals surface area contributed by atoms with Crippen LogP contribution in [0.5, 0.6) is 23.0 Å². The Bertz CT molecular complexity index is 2010. The standard InChI is InChI=1S/C13H17I2NO3.C13H18INO3.C13H19NO3.C8H11NO/c1-13(2,3)19-12(18)16-5-4-8-6-9(14)11(17)10(15)7-8;1-13(2,3)18-12(17)15-7-6-9-4-5-11(16)10(14)8-9;1-13(2,3)17-12(16)14-9-8-10-4-6-11(15)7-5-10;9-6-5-7-1-3-8(10)4-2-7/h6-7,17H,4-5H2,1-3H3,(H,16,18);4-5,8,16H,6-7H2,1-3H3,(H,15,17);4-7,15H,8-9H2,1-3H3,(H,14,16);1-4,10H,5-6,9H2. The molecular formula is C47H65I3N4O10. The zero-order chi connectivity index (χ0) is 48.7. The van der Waals surface area contributed by atoms with Crippen LogP contribution in [0.1, 0.15) is 84.6 Å². The van der Waals surface area contributed by atoms with E-state index in [9.17, 15) is 24.6 Å². The van der Waals surface area contributed by atoms with Gasteiger partial charge in [0.25, 0.3) is 0 Å². The minimum absolute atomic E-state index is 0.244. The number of ether oxygens (including phenoxy) is 3. The molecule has 0 fully saturated rings. The maximum atomic E-state index is 11.5. The number of halogens is 3. The molecule has 0 bridgehead atoms. The minimum atomic E-state index is -0.479. The Labute approximate surface area is 419 Å². The molecule has 3 amide bonds. The van der Waals surface area contributed by atoms with Crippen molar-refractivity contribution in [3.63, 3.8) is 0 Å². The zero-order valence-electron chi connectivity index (χ0n) is 38.1. The van der Waals surface area contributed by atoms with Gasteiger partial charge >= 0.3 is 18.3 Å². The van der Waals surface area contributed by atoms with Gasteiger partial charge in [-0.3, -0.25) is 0 Å². The third kappa shape index (κ3) is 28.8. The van der Waals surface area contributed by atoms with Crippen molar-refractivity contribution in [2.75, 3.05) is 26.2 Å². The maximum Gasteiger partial charge on any atom is 0.407 e. The number of hydrogen-bond donors (Lipinski definition) is 8. The SMILES string of the molecule is CC(C)(C)OC(=O)NCCc1cc(I)c(O)c(I)c1.CC(C)(C)OC(=O)NCCc1ccc(O)c(I)c1.CC(C)(C)OC(=O)NCCc1ccc(O)cc1.NCCc1ccc(O)cc1. The van der Waals surface area contributed by atoms with Crippen molar-refractivity contribution in [2.45, 2.75) is 105 Å². The Kier molecular flexibility index (Phi) is 26.2. The molecule has 0 aliphatic rings. The fraction of sp³-hybridized carbons (Fsp3) is 0.426. The van der Waals surface area contributed by atoms with Crippen molar-refractivity contribution >= 4 is 86.1 Å². The van der Waals surface area contributed by atoms with Gasteiger partial charge in [0, 0.05) is 19.6 Å². The van der Waals surface area contributed by atoms with Gasteiger partial charge < -0.3 is 56.3 Å². The number of carbonyl (C=O) groups excluding carboxylic acids is 3. The Hall–Kier alpha value is -3.96. The van der Waals surface area contributed by atoms with Crippen molar-refractivity contribution in [2.24, 2.45) is 5.73 Å². The summed E-state index contributed by atoms with van der Waals surface area (Å²) in [5.41, 5.74) is 8.27. The van der Waals surface area contributed by atoms with Gasteiger partial charge in [-0.15, -0.1) is 0 Å². The second kappa shape index (κ2) is 28.8. The number of nitrogens with two attached hydrogens (primary N) is 1. The van der Waals surface area contributed by atoms with Crippen LogP contribution in [-0.4, -0.2) is 81.7 Å². The smallest absolute Gasteiger partial charge is 0.407 e. The summed E-state index contributed by atoms with van der Waals surface area (Å²) in [5, 5.41) is 45.1. The fourth-order valence-corrected chi connectivity index (χ4v) is 7.31. The van der Waals surface area contributed by atoms with Crippen LogP contribution in [0, 0.1) is 10.7 Å². The van der Waals surface area contributed by atoms with E-state index in [1.54, 1.807) is 30.3 Å². The summed E-state index contributed by atoms with van der Waals surface area (Å²) in [5.74, 6) is 1.14. The lowest BCUT2D eigenvalue weighted by Crippen LogP contribution is -2.33. The maximum absolute atomic E-state index is 11.5. The van der Waals surface area contributed by atoms with Gasteiger partial charge in [0.2, 0.25) is 0 Å². The summed E-state index contributed by atoms with van der Waals surface area (Å²) in [7, 11) is 0. The molecule has 0 saturated heterocycles. The Morgan fingerprint density at radius 3 is 1.14 bits per heavy atom. The number of rotatable bonds is 11. The lowest BCUT2D eigenvalue weighted by atomic mass is 10.1. The van der Waals surface area contributed by atoms with E-state index < -0.39 is 35.1 Å². The van der Waals surface area contributed by atoms with Crippen molar-refractivity contribution in [1.82, 2.24) is 16.0 Å². The predicted octanol–water partition coefficient (Wildman–Crippen LogP) is 10.1. The lowest BCUT2D eigenvalue weighted by molar-refractivity contribution is 0.0517. The monoisotopic (exact) mass is 1230 g/mol. The van der Waals surface area contributed by atoms with Crippen molar-refractivity contribution < 1.29 is 49.0 Å². The molecule has 0 spiro atoms. The first-order valence-corrected chi connectivity index (χ1v) is 23.7. The molecule has 0 aliphatic heterocycles. The van der Waals surface area contributed by atoms with E-state index in [0.717, 1.165) is 33.8 Å². The van der Waals surface area contributed by atoms with Gasteiger partial charge in [-0.05, 0) is 233 Å². The first-order valence-electron chi connectivity index (χ1n) is 20.5. The topological polar surface area (TPSA) is 222 Å². The van der Waals surface area contributed by atoms with Crippen LogP contribution in [-0.2, 0) is 39.9 Å². The highest BCUT2D eigenvalue weighted by molar-refractivity contribution is 14.1. The largest absolute Gasteiger partial charge is 0.508 e. The summed E-state index contributed by atoms with van der Waals surface area (Å²) >= 11 is 6.25. The molecule has 0 saturated carbocycles. The number of nitrogens with one attached hydrogen (secondary N) is 3. The molecule has 4 rings (SSSR count). The molecule has 0 unspecified atom stereocenters. The number of benzene rings is 4. The molecule has 64 heavy (non-hydrogen) atoms. The number of carbonyl (C=O) groups is 3. The summed E-state index contributed by atoms with van der Waals surface area (Å²) < 4.78 is 17.8. The van der Waals surface area contributed by atoms with Gasteiger partial charge in [0.05, 0.1) is 10.7 Å². The van der Waals surface area contributed by atoms with E-state index >= 15 is 0 Å². The molecule has 17 heteroatoms. The third-order valence-corrected chi connectivity index (χ3v) is 10.1. The van der Waals surface area contributed by atoms with Gasteiger partial charge in [-0.2, -0.15) is 0 Å². The fourth-order valence-electron chi connectivity index (χ4n) is 4.83. The minimum Gasteiger partial charge on any atom is -0.508 e.